The fraction of sp³-hybridized carbons (Fsp3) is 0.533. The monoisotopic (exact) mass is 262 g/mol. The van der Waals surface area contributed by atoms with Gasteiger partial charge in [0.2, 0.25) is 5.91 Å². The number of likely N-dealkylation sites (N-methyl/N-ethyl adjacent to an activating group) is 1. The molecule has 1 aromatic rings. The second-order valence-corrected chi connectivity index (χ2v) is 5.29. The Morgan fingerprint density at radius 2 is 2.16 bits per heavy atom. The Labute approximate surface area is 114 Å². The van der Waals surface area contributed by atoms with Gasteiger partial charge in [0.25, 0.3) is 0 Å². The van der Waals surface area contributed by atoms with E-state index >= 15 is 0 Å². The number of β-amino-alcohol motifs (C(OH)–C–C–N with tert-alkyl or cyclic N) is 1. The summed E-state index contributed by atoms with van der Waals surface area (Å²) in [7, 11) is 1.83. The lowest BCUT2D eigenvalue weighted by Gasteiger charge is -2.27. The first kappa shape index (κ1) is 14.0. The highest BCUT2D eigenvalue weighted by atomic mass is 16.3. The molecule has 1 saturated heterocycles. The maximum atomic E-state index is 12.3. The number of benzene rings is 1. The number of carbonyl (C=O) groups is 1. The van der Waals surface area contributed by atoms with Crippen molar-refractivity contribution in [2.75, 3.05) is 20.1 Å². The summed E-state index contributed by atoms with van der Waals surface area (Å²) >= 11 is 0. The first-order valence-electron chi connectivity index (χ1n) is 6.79. The summed E-state index contributed by atoms with van der Waals surface area (Å²) in [6.07, 6.45) is 0.481. The summed E-state index contributed by atoms with van der Waals surface area (Å²) in [4.78, 5) is 16.1. The van der Waals surface area contributed by atoms with E-state index < -0.39 is 0 Å². The van der Waals surface area contributed by atoms with Crippen molar-refractivity contribution < 1.29 is 9.90 Å². The molecule has 1 aliphatic rings. The average Bonchev–Trinajstić information content (AvgIpc) is 2.85. The van der Waals surface area contributed by atoms with E-state index in [9.17, 15) is 9.90 Å². The summed E-state index contributed by atoms with van der Waals surface area (Å²) in [6, 6.07) is 9.81. The summed E-state index contributed by atoms with van der Waals surface area (Å²) in [6.45, 7) is 3.95. The number of hydrogen-bond acceptors (Lipinski definition) is 3. The second-order valence-electron chi connectivity index (χ2n) is 5.29. The van der Waals surface area contributed by atoms with Crippen LogP contribution in [0.3, 0.4) is 0 Å². The Kier molecular flexibility index (Phi) is 4.56. The van der Waals surface area contributed by atoms with Crippen LogP contribution in [0.1, 0.15) is 18.9 Å². The van der Waals surface area contributed by atoms with Gasteiger partial charge in [0, 0.05) is 26.7 Å². The van der Waals surface area contributed by atoms with Crippen LogP contribution in [0.4, 0.5) is 0 Å². The van der Waals surface area contributed by atoms with E-state index in [-0.39, 0.29) is 18.1 Å². The van der Waals surface area contributed by atoms with E-state index in [1.165, 1.54) is 0 Å². The molecule has 0 aromatic heterocycles. The van der Waals surface area contributed by atoms with Crippen molar-refractivity contribution in [3.63, 3.8) is 0 Å². The maximum absolute atomic E-state index is 12.3. The minimum Gasteiger partial charge on any atom is -0.392 e. The number of likely N-dealkylation sites (tertiary alicyclic amines) is 1. The van der Waals surface area contributed by atoms with Gasteiger partial charge in [0.15, 0.2) is 0 Å². The minimum absolute atomic E-state index is 0.109. The van der Waals surface area contributed by atoms with Crippen LogP contribution in [0.5, 0.6) is 0 Å². The van der Waals surface area contributed by atoms with Gasteiger partial charge in [-0.1, -0.05) is 30.3 Å². The molecule has 2 atom stereocenters. The smallest absolute Gasteiger partial charge is 0.239 e. The molecule has 4 heteroatoms. The minimum atomic E-state index is -0.283. The molecular formula is C15H22N2O2. The third kappa shape index (κ3) is 3.55. The van der Waals surface area contributed by atoms with Crippen molar-refractivity contribution in [1.29, 1.82) is 0 Å². The van der Waals surface area contributed by atoms with Gasteiger partial charge < -0.3 is 10.0 Å². The molecule has 1 unspecified atom stereocenters. The third-order valence-electron chi connectivity index (χ3n) is 3.74. The molecule has 0 aliphatic carbocycles. The lowest BCUT2D eigenvalue weighted by Crippen LogP contribution is -2.44. The van der Waals surface area contributed by atoms with Crippen molar-refractivity contribution in [3.8, 4) is 0 Å². The molecule has 4 nitrogen and oxygen atoms in total. The van der Waals surface area contributed by atoms with Crippen LogP contribution >= 0.6 is 0 Å². The van der Waals surface area contributed by atoms with Crippen LogP contribution in [-0.4, -0.2) is 53.1 Å². The number of amides is 1. The predicted octanol–water partition coefficient (Wildman–Crippen LogP) is 1.10. The predicted molar refractivity (Wildman–Crippen MR) is 74.6 cm³/mol. The molecule has 1 aliphatic heterocycles. The van der Waals surface area contributed by atoms with Gasteiger partial charge in [-0.15, -0.1) is 0 Å². The number of rotatable bonds is 4. The molecule has 0 bridgehead atoms. The van der Waals surface area contributed by atoms with Crippen LogP contribution in [0, 0.1) is 0 Å². The molecule has 0 radical (unpaired) electrons. The molecule has 2 rings (SSSR count). The molecule has 1 fully saturated rings. The van der Waals surface area contributed by atoms with E-state index in [0.717, 1.165) is 18.5 Å². The number of nitrogens with zero attached hydrogens (tertiary/aromatic N) is 2. The Morgan fingerprint density at radius 1 is 1.47 bits per heavy atom. The van der Waals surface area contributed by atoms with E-state index in [4.69, 9.17) is 0 Å². The maximum Gasteiger partial charge on any atom is 0.239 e. The fourth-order valence-electron chi connectivity index (χ4n) is 2.53. The van der Waals surface area contributed by atoms with Crippen LogP contribution in [0.25, 0.3) is 0 Å². The second kappa shape index (κ2) is 6.17. The van der Waals surface area contributed by atoms with Crippen LogP contribution in [-0.2, 0) is 11.3 Å². The Bertz CT molecular complexity index is 421. The zero-order valence-electron chi connectivity index (χ0n) is 11.6. The van der Waals surface area contributed by atoms with E-state index in [1.807, 2.05) is 44.3 Å². The van der Waals surface area contributed by atoms with Crippen LogP contribution in [0.2, 0.25) is 0 Å². The van der Waals surface area contributed by atoms with E-state index in [2.05, 4.69) is 4.90 Å². The van der Waals surface area contributed by atoms with Gasteiger partial charge in [-0.05, 0) is 18.9 Å². The lowest BCUT2D eigenvalue weighted by atomic mass is 10.2. The summed E-state index contributed by atoms with van der Waals surface area (Å²) in [5.74, 6) is 0.109. The average molecular weight is 262 g/mol. The van der Waals surface area contributed by atoms with Crippen molar-refractivity contribution >= 4 is 5.91 Å². The number of carbonyl (C=O) groups excluding carboxylic acids is 1. The van der Waals surface area contributed by atoms with Crippen LogP contribution in [0.15, 0.2) is 30.3 Å². The molecule has 19 heavy (non-hydrogen) atoms. The number of aliphatic hydroxyl groups is 1. The third-order valence-corrected chi connectivity index (χ3v) is 3.74. The Morgan fingerprint density at radius 3 is 2.74 bits per heavy atom. The van der Waals surface area contributed by atoms with Gasteiger partial charge in [-0.25, -0.2) is 0 Å². The van der Waals surface area contributed by atoms with Gasteiger partial charge in [0.1, 0.15) is 0 Å². The zero-order valence-corrected chi connectivity index (χ0v) is 11.6. The Hall–Kier alpha value is -1.39. The fourth-order valence-corrected chi connectivity index (χ4v) is 2.53. The number of aliphatic hydroxyl groups excluding tert-OH is 1. The standard InChI is InChI=1S/C15H22N2O2/c1-12(17-9-8-14(18)11-17)15(19)16(2)10-13-6-4-3-5-7-13/h3-7,12,14,18H,8-11H2,1-2H3/t12?,14-/m0/s1. The van der Waals surface area contributed by atoms with Crippen molar-refractivity contribution in [1.82, 2.24) is 9.80 Å². The summed E-state index contributed by atoms with van der Waals surface area (Å²) < 4.78 is 0. The van der Waals surface area contributed by atoms with E-state index in [0.29, 0.717) is 13.1 Å². The molecule has 104 valence electrons. The molecule has 0 spiro atoms. The molecule has 1 N–H and O–H groups in total. The van der Waals surface area contributed by atoms with Crippen molar-refractivity contribution in [2.45, 2.75) is 32.0 Å². The van der Waals surface area contributed by atoms with Crippen molar-refractivity contribution in [2.24, 2.45) is 0 Å². The van der Waals surface area contributed by atoms with Gasteiger partial charge in [-0.3, -0.25) is 9.69 Å². The highest BCUT2D eigenvalue weighted by Crippen LogP contribution is 2.14. The lowest BCUT2D eigenvalue weighted by molar-refractivity contribution is -0.135. The number of hydrogen-bond donors (Lipinski definition) is 1. The van der Waals surface area contributed by atoms with Gasteiger partial charge >= 0.3 is 0 Å². The Balaban J connectivity index is 1.91. The van der Waals surface area contributed by atoms with Crippen LogP contribution < -0.4 is 0 Å². The molecule has 1 amide bonds. The van der Waals surface area contributed by atoms with E-state index in [1.54, 1.807) is 4.90 Å². The first-order valence-corrected chi connectivity index (χ1v) is 6.79. The highest BCUT2D eigenvalue weighted by Gasteiger charge is 2.29. The highest BCUT2D eigenvalue weighted by molar-refractivity contribution is 5.81. The SMILES string of the molecule is CC(C(=O)N(C)Cc1ccccc1)N1CC[C@H](O)C1. The molecule has 1 aromatic carbocycles. The topological polar surface area (TPSA) is 43.8 Å². The molecular weight excluding hydrogens is 240 g/mol. The van der Waals surface area contributed by atoms with Crippen molar-refractivity contribution in [3.05, 3.63) is 35.9 Å². The molecule has 1 heterocycles. The quantitative estimate of drug-likeness (QED) is 0.883. The zero-order chi connectivity index (χ0) is 13.8. The normalized spacial score (nSPS) is 21.3. The van der Waals surface area contributed by atoms with Gasteiger partial charge in [0.05, 0.1) is 12.1 Å². The summed E-state index contributed by atoms with van der Waals surface area (Å²) in [5.41, 5.74) is 1.13. The van der Waals surface area contributed by atoms with Gasteiger partial charge in [-0.2, -0.15) is 0 Å². The largest absolute Gasteiger partial charge is 0.392 e. The summed E-state index contributed by atoms with van der Waals surface area (Å²) in [5, 5.41) is 9.54. The first-order chi connectivity index (χ1) is 9.08. The molecule has 0 saturated carbocycles.